The highest BCUT2D eigenvalue weighted by atomic mass is 15.0. The standard InChI is InChI=1S/C131H87N7/c1-129(2)108-40-14-7-31-90(108)93-56-53-87(73-111(93)129)136-115-44-18-11-35-97(115)103-68-78(48-60-119(103)136)77-47-59-118-102(67-77)96-34-10-17-43-114(96)134(118)86-30-22-28-84(66-86)128-132-126(125-100-38-23-25-76-26-24-39-101(124(76)100)127(125)133-128)83-27-21-29-85(65-83)135-122-63-51-81(79-49-61-120-104(69-79)98-36-12-19-45-116(98)137(120)88-54-57-94-91-32-8-15-41-109(91)130(3,4)112(94)74-88)71-106(122)107-72-82(52-64-123(107)135)80-50-62-121-105(70-80)99-37-13-20-46-117(99)138(121)89-55-58-95-92-33-9-16-42-110(92)131(5,6)113(95)75-89/h7-75H,1-6H3. The minimum absolute atomic E-state index is 0.117. The molecule has 26 aromatic rings. The minimum atomic E-state index is -0.140. The second-order valence-corrected chi connectivity index (χ2v) is 40.3. The monoisotopic (exact) mass is 1760 g/mol. The third kappa shape index (κ3) is 10.7. The largest absolute Gasteiger partial charge is 0.309 e. The molecular weight excluding hydrogens is 1670 g/mol. The van der Waals surface area contributed by atoms with Crippen LogP contribution in [0, 0.1) is 0 Å². The van der Waals surface area contributed by atoms with E-state index in [2.05, 4.69) is 483 Å². The summed E-state index contributed by atoms with van der Waals surface area (Å²) in [6.45, 7) is 14.2. The maximum absolute atomic E-state index is 5.91. The molecule has 4 aliphatic rings. The van der Waals surface area contributed by atoms with Crippen molar-refractivity contribution in [2.24, 2.45) is 0 Å². The smallest absolute Gasteiger partial charge is 0.160 e. The van der Waals surface area contributed by atoms with Gasteiger partial charge in [-0.15, -0.1) is 0 Å². The lowest BCUT2D eigenvalue weighted by molar-refractivity contribution is 0.660. The molecule has 0 saturated heterocycles. The second kappa shape index (κ2) is 28.0. The van der Waals surface area contributed by atoms with Crippen molar-refractivity contribution in [1.82, 2.24) is 32.8 Å². The molecule has 7 heteroatoms. The van der Waals surface area contributed by atoms with E-state index in [1.807, 2.05) is 0 Å². The Morgan fingerprint density at radius 1 is 0.174 bits per heavy atom. The maximum Gasteiger partial charge on any atom is 0.160 e. The summed E-state index contributed by atoms with van der Waals surface area (Å²) in [4.78, 5) is 11.7. The number of para-hydroxylation sites is 4. The molecule has 0 bridgehead atoms. The van der Waals surface area contributed by atoms with Crippen molar-refractivity contribution >= 4 is 120 Å². The van der Waals surface area contributed by atoms with E-state index >= 15 is 0 Å². The van der Waals surface area contributed by atoms with Gasteiger partial charge in [0, 0.05) is 121 Å². The molecule has 0 atom stereocenters. The van der Waals surface area contributed by atoms with Crippen molar-refractivity contribution in [3.8, 4) is 140 Å². The summed E-state index contributed by atoms with van der Waals surface area (Å²) in [6, 6.07) is 158. The van der Waals surface area contributed by atoms with Gasteiger partial charge in [0.2, 0.25) is 0 Å². The van der Waals surface area contributed by atoms with Gasteiger partial charge in [-0.25, -0.2) is 9.97 Å². The number of rotatable bonds is 10. The normalized spacial score (nSPS) is 13.9. The summed E-state index contributed by atoms with van der Waals surface area (Å²) in [5.74, 6) is 0.658. The Balaban J connectivity index is 0.554. The first kappa shape index (κ1) is 77.2. The zero-order valence-corrected chi connectivity index (χ0v) is 77.0. The predicted molar refractivity (Wildman–Crippen MR) is 576 cm³/mol. The van der Waals surface area contributed by atoms with Gasteiger partial charge in [0.05, 0.1) is 66.6 Å². The Morgan fingerprint density at radius 3 is 0.804 bits per heavy atom. The van der Waals surface area contributed by atoms with Gasteiger partial charge in [0.1, 0.15) is 0 Å². The molecule has 646 valence electrons. The highest BCUT2D eigenvalue weighted by Gasteiger charge is 2.40. The van der Waals surface area contributed by atoms with Crippen molar-refractivity contribution in [3.05, 3.63) is 452 Å². The molecular formula is C131H87N7. The Morgan fingerprint density at radius 2 is 0.442 bits per heavy atom. The first-order valence-electron chi connectivity index (χ1n) is 48.3. The zero-order chi connectivity index (χ0) is 91.2. The predicted octanol–water partition coefficient (Wildman–Crippen LogP) is 34.0. The zero-order valence-electron chi connectivity index (χ0n) is 77.0. The van der Waals surface area contributed by atoms with Crippen molar-refractivity contribution in [2.75, 3.05) is 0 Å². The summed E-state index contributed by atoms with van der Waals surface area (Å²) < 4.78 is 12.3. The van der Waals surface area contributed by atoms with Crippen LogP contribution in [0.25, 0.3) is 260 Å². The third-order valence-corrected chi connectivity index (χ3v) is 32.0. The molecule has 7 nitrogen and oxygen atoms in total. The average molecular weight is 1760 g/mol. The average Bonchev–Trinajstić information content (AvgIpc) is 1.57. The lowest BCUT2D eigenvalue weighted by atomic mass is 9.82. The van der Waals surface area contributed by atoms with Crippen molar-refractivity contribution in [1.29, 1.82) is 0 Å². The van der Waals surface area contributed by atoms with Crippen LogP contribution in [0.3, 0.4) is 0 Å². The van der Waals surface area contributed by atoms with E-state index in [0.29, 0.717) is 5.82 Å². The van der Waals surface area contributed by atoms with Crippen LogP contribution >= 0.6 is 0 Å². The fourth-order valence-electron chi connectivity index (χ4n) is 25.4. The number of fused-ring (bicyclic) bond motifs is 27. The molecule has 0 fully saturated rings. The van der Waals surface area contributed by atoms with Gasteiger partial charge in [-0.05, 0) is 274 Å². The second-order valence-electron chi connectivity index (χ2n) is 40.3. The highest BCUT2D eigenvalue weighted by Crippen LogP contribution is 2.57. The first-order chi connectivity index (χ1) is 67.7. The molecule has 0 spiro atoms. The summed E-state index contributed by atoms with van der Waals surface area (Å²) in [5, 5.41) is 14.4. The molecule has 0 amide bonds. The molecule has 6 aromatic heterocycles. The Labute approximate surface area is 797 Å². The van der Waals surface area contributed by atoms with Crippen LogP contribution in [-0.2, 0) is 16.2 Å². The molecule has 138 heavy (non-hydrogen) atoms. The van der Waals surface area contributed by atoms with E-state index in [1.165, 1.54) is 176 Å². The lowest BCUT2D eigenvalue weighted by Gasteiger charge is -2.22. The number of aromatic nitrogens is 7. The first-order valence-corrected chi connectivity index (χ1v) is 48.3. The maximum atomic E-state index is 5.91. The van der Waals surface area contributed by atoms with Crippen LogP contribution in [0.15, 0.2) is 419 Å². The van der Waals surface area contributed by atoms with E-state index < -0.39 is 0 Å². The molecule has 0 N–H and O–H groups in total. The van der Waals surface area contributed by atoms with Gasteiger partial charge in [0.15, 0.2) is 5.82 Å². The van der Waals surface area contributed by atoms with Crippen LogP contribution in [0.1, 0.15) is 74.9 Å². The van der Waals surface area contributed by atoms with Gasteiger partial charge in [0.25, 0.3) is 0 Å². The van der Waals surface area contributed by atoms with Crippen molar-refractivity contribution < 1.29 is 0 Å². The minimum Gasteiger partial charge on any atom is -0.309 e. The van der Waals surface area contributed by atoms with Crippen LogP contribution in [0.5, 0.6) is 0 Å². The molecule has 0 aliphatic heterocycles. The van der Waals surface area contributed by atoms with E-state index in [9.17, 15) is 0 Å². The van der Waals surface area contributed by atoms with E-state index in [-0.39, 0.29) is 16.2 Å². The number of benzene rings is 20. The fourth-order valence-corrected chi connectivity index (χ4v) is 25.4. The topological polar surface area (TPSA) is 50.4 Å². The summed E-state index contributed by atoms with van der Waals surface area (Å²) in [5.41, 5.74) is 46.9. The summed E-state index contributed by atoms with van der Waals surface area (Å²) in [7, 11) is 0. The fraction of sp³-hybridized carbons (Fsp3) is 0.0687. The Kier molecular flexibility index (Phi) is 15.6. The van der Waals surface area contributed by atoms with Crippen molar-refractivity contribution in [2.45, 2.75) is 57.8 Å². The molecule has 30 rings (SSSR count). The van der Waals surface area contributed by atoms with E-state index in [1.54, 1.807) is 0 Å². The van der Waals surface area contributed by atoms with Crippen LogP contribution in [0.2, 0.25) is 0 Å². The van der Waals surface area contributed by atoms with Gasteiger partial charge in [-0.3, -0.25) is 0 Å². The molecule has 0 unspecified atom stereocenters. The lowest BCUT2D eigenvalue weighted by Crippen LogP contribution is -2.15. The molecule has 6 heterocycles. The van der Waals surface area contributed by atoms with Crippen molar-refractivity contribution in [3.63, 3.8) is 0 Å². The summed E-state index contributed by atoms with van der Waals surface area (Å²) in [6.07, 6.45) is 0. The quantitative estimate of drug-likeness (QED) is 0.137. The van der Waals surface area contributed by atoms with E-state index in [4.69, 9.17) is 9.97 Å². The summed E-state index contributed by atoms with van der Waals surface area (Å²) >= 11 is 0. The van der Waals surface area contributed by atoms with Gasteiger partial charge >= 0.3 is 0 Å². The molecule has 0 saturated carbocycles. The van der Waals surface area contributed by atoms with Gasteiger partial charge < -0.3 is 22.8 Å². The van der Waals surface area contributed by atoms with Gasteiger partial charge in [-0.2, -0.15) is 0 Å². The molecule has 4 aliphatic carbocycles. The number of nitrogens with zero attached hydrogens (tertiary/aromatic N) is 7. The highest BCUT2D eigenvalue weighted by molar-refractivity contribution is 6.20. The van der Waals surface area contributed by atoms with Crippen LogP contribution in [0.4, 0.5) is 0 Å². The number of hydrogen-bond acceptors (Lipinski definition) is 2. The Bertz CT molecular complexity index is 9690. The Hall–Kier alpha value is -17.3. The van der Waals surface area contributed by atoms with Crippen LogP contribution in [-0.4, -0.2) is 32.8 Å². The SMILES string of the molecule is CC1(C)c2ccccc2-c2ccc(-n3c4ccccc4c4cc(-c5ccc6c(c5)c5ccccc5n6-c5cccc(-c6nc(-c7cccc(-n8c9ccc(-c%10ccc%11c(c%10)c%10ccccc%10n%11-c%10ccc%11c(c%10)C(C)(C)c%10ccccc%10-%11)cc9c9cc(-c%10ccc%11c(c%10)c%10ccccc%10n%11-c%10ccc%11c(c%10)C(C)(C)c%10ccccc%10-%11)ccc98)c7)c7c(n6)-c6cccc8cccc-7c68)c5)ccc43)cc21. The van der Waals surface area contributed by atoms with Crippen LogP contribution < -0.4 is 0 Å². The third-order valence-electron chi connectivity index (χ3n) is 32.0. The van der Waals surface area contributed by atoms with Gasteiger partial charge in [-0.1, -0.05) is 302 Å². The molecule has 20 aromatic carbocycles. The number of hydrogen-bond donors (Lipinski definition) is 0. The van der Waals surface area contributed by atoms with E-state index in [0.717, 1.165) is 111 Å². The molecule has 0 radical (unpaired) electrons.